The Kier molecular flexibility index (Phi) is 7.23. The molecule has 0 bridgehead atoms. The molecule has 12 heavy (non-hydrogen) atoms. The second-order valence-corrected chi connectivity index (χ2v) is 4.12. The number of hydrogen-bond acceptors (Lipinski definition) is 0. The molecule has 0 aromatic rings. The highest BCUT2D eigenvalue weighted by Crippen LogP contribution is 2.14. The van der Waals surface area contributed by atoms with Gasteiger partial charge in [0.05, 0.1) is 0 Å². The molecule has 0 spiro atoms. The highest BCUT2D eigenvalue weighted by atomic mass is 14.0. The molecular weight excluding hydrogens is 144 g/mol. The zero-order chi connectivity index (χ0) is 9.40. The van der Waals surface area contributed by atoms with Crippen molar-refractivity contribution in [3.05, 3.63) is 11.6 Å². The topological polar surface area (TPSA) is 0 Å². The number of hydrogen-bond donors (Lipinski definition) is 0. The summed E-state index contributed by atoms with van der Waals surface area (Å²) in [5, 5.41) is 0. The average molecular weight is 168 g/mol. The summed E-state index contributed by atoms with van der Waals surface area (Å²) in [4.78, 5) is 0. The van der Waals surface area contributed by atoms with Crippen molar-refractivity contribution in [3.63, 3.8) is 0 Å². The van der Waals surface area contributed by atoms with E-state index >= 15 is 0 Å². The van der Waals surface area contributed by atoms with Crippen molar-refractivity contribution >= 4 is 0 Å². The van der Waals surface area contributed by atoms with E-state index in [2.05, 4.69) is 33.8 Å². The van der Waals surface area contributed by atoms with E-state index in [-0.39, 0.29) is 0 Å². The highest BCUT2D eigenvalue weighted by molar-refractivity contribution is 4.93. The van der Waals surface area contributed by atoms with Crippen LogP contribution in [-0.2, 0) is 0 Å². The summed E-state index contributed by atoms with van der Waals surface area (Å²) in [6.45, 7) is 8.98. The van der Waals surface area contributed by atoms with Crippen molar-refractivity contribution < 1.29 is 0 Å². The molecule has 0 nitrogen and oxygen atoms in total. The van der Waals surface area contributed by atoms with Gasteiger partial charge in [-0.1, -0.05) is 51.2 Å². The van der Waals surface area contributed by atoms with E-state index in [1.165, 1.54) is 37.7 Å². The summed E-state index contributed by atoms with van der Waals surface area (Å²) in [6, 6.07) is 0. The van der Waals surface area contributed by atoms with Crippen molar-refractivity contribution in [2.75, 3.05) is 0 Å². The van der Waals surface area contributed by atoms with Crippen LogP contribution in [-0.4, -0.2) is 0 Å². The number of allylic oxidation sites excluding steroid dienone is 2. The van der Waals surface area contributed by atoms with Crippen LogP contribution in [0.4, 0.5) is 0 Å². The van der Waals surface area contributed by atoms with E-state index in [4.69, 9.17) is 0 Å². The van der Waals surface area contributed by atoms with Gasteiger partial charge in [-0.3, -0.25) is 0 Å². The zero-order valence-corrected chi connectivity index (χ0v) is 9.19. The Morgan fingerprint density at radius 3 is 2.42 bits per heavy atom. The molecule has 0 aromatic heterocycles. The maximum atomic E-state index is 2.36. The Morgan fingerprint density at radius 2 is 1.92 bits per heavy atom. The first-order chi connectivity index (χ1) is 5.66. The second-order valence-electron chi connectivity index (χ2n) is 4.12. The van der Waals surface area contributed by atoms with E-state index in [0.717, 1.165) is 5.92 Å². The summed E-state index contributed by atoms with van der Waals surface area (Å²) >= 11 is 0. The lowest BCUT2D eigenvalue weighted by atomic mass is 9.99. The largest absolute Gasteiger partial charge is 0.0856 e. The van der Waals surface area contributed by atoms with E-state index in [1.54, 1.807) is 0 Å². The lowest BCUT2D eigenvalue weighted by molar-refractivity contribution is 0.500. The van der Waals surface area contributed by atoms with Gasteiger partial charge in [-0.2, -0.15) is 0 Å². The molecule has 0 heteroatoms. The third-order valence-corrected chi connectivity index (χ3v) is 2.23. The highest BCUT2D eigenvalue weighted by Gasteiger charge is 1.98. The molecule has 0 amide bonds. The van der Waals surface area contributed by atoms with Gasteiger partial charge in [-0.25, -0.2) is 0 Å². The minimum Gasteiger partial charge on any atom is -0.0856 e. The monoisotopic (exact) mass is 168 g/mol. The molecule has 0 aliphatic rings. The van der Waals surface area contributed by atoms with Crippen molar-refractivity contribution in [1.82, 2.24) is 0 Å². The lowest BCUT2D eigenvalue weighted by Crippen LogP contribution is -1.92. The fourth-order valence-electron chi connectivity index (χ4n) is 1.30. The molecule has 0 heterocycles. The predicted octanol–water partition coefficient (Wildman–Crippen LogP) is 4.56. The average Bonchev–Trinajstić information content (AvgIpc) is 2.01. The fraction of sp³-hybridized carbons (Fsp3) is 0.833. The van der Waals surface area contributed by atoms with E-state index in [9.17, 15) is 0 Å². The molecule has 0 N–H and O–H groups in total. The Labute approximate surface area is 78.1 Å². The van der Waals surface area contributed by atoms with Crippen LogP contribution >= 0.6 is 0 Å². The van der Waals surface area contributed by atoms with Crippen LogP contribution < -0.4 is 0 Å². The third kappa shape index (κ3) is 7.84. The molecule has 0 aliphatic carbocycles. The quantitative estimate of drug-likeness (QED) is 0.403. The van der Waals surface area contributed by atoms with E-state index in [1.807, 2.05) is 0 Å². The van der Waals surface area contributed by atoms with Crippen molar-refractivity contribution in [2.45, 2.75) is 59.8 Å². The van der Waals surface area contributed by atoms with Gasteiger partial charge in [0.15, 0.2) is 0 Å². The Bertz CT molecular complexity index is 118. The molecule has 0 saturated carbocycles. The molecule has 0 saturated heterocycles. The first-order valence-electron chi connectivity index (χ1n) is 5.30. The molecule has 0 rings (SSSR count). The summed E-state index contributed by atoms with van der Waals surface area (Å²) in [6.07, 6.45) is 9.18. The van der Waals surface area contributed by atoms with Gasteiger partial charge in [0.25, 0.3) is 0 Å². The predicted molar refractivity (Wildman–Crippen MR) is 57.4 cm³/mol. The standard InChI is InChI=1S/C12H24/c1-5-6-7-8-12(4)10-9-11(2)3/h9,12H,5-8,10H2,1-4H3. The van der Waals surface area contributed by atoms with Gasteiger partial charge in [-0.15, -0.1) is 0 Å². The van der Waals surface area contributed by atoms with Crippen LogP contribution in [0.15, 0.2) is 11.6 Å². The Hall–Kier alpha value is -0.260. The maximum Gasteiger partial charge on any atom is -0.0322 e. The van der Waals surface area contributed by atoms with Gasteiger partial charge < -0.3 is 0 Å². The molecule has 72 valence electrons. The number of unbranched alkanes of at least 4 members (excludes halogenated alkanes) is 2. The Morgan fingerprint density at radius 1 is 1.25 bits per heavy atom. The summed E-state index contributed by atoms with van der Waals surface area (Å²) < 4.78 is 0. The summed E-state index contributed by atoms with van der Waals surface area (Å²) in [7, 11) is 0. The zero-order valence-electron chi connectivity index (χ0n) is 9.19. The molecule has 1 atom stereocenters. The molecule has 0 radical (unpaired) electrons. The first kappa shape index (κ1) is 11.7. The van der Waals surface area contributed by atoms with Crippen LogP contribution in [0.1, 0.15) is 59.8 Å². The van der Waals surface area contributed by atoms with Crippen LogP contribution in [0.5, 0.6) is 0 Å². The molecule has 0 aliphatic heterocycles. The van der Waals surface area contributed by atoms with Gasteiger partial charge >= 0.3 is 0 Å². The maximum absolute atomic E-state index is 2.36. The van der Waals surface area contributed by atoms with Gasteiger partial charge in [0.1, 0.15) is 0 Å². The third-order valence-electron chi connectivity index (χ3n) is 2.23. The smallest absolute Gasteiger partial charge is 0.0322 e. The van der Waals surface area contributed by atoms with Gasteiger partial charge in [0.2, 0.25) is 0 Å². The normalized spacial score (nSPS) is 12.7. The van der Waals surface area contributed by atoms with E-state index in [0.29, 0.717) is 0 Å². The van der Waals surface area contributed by atoms with E-state index < -0.39 is 0 Å². The van der Waals surface area contributed by atoms with Gasteiger partial charge in [0, 0.05) is 0 Å². The van der Waals surface area contributed by atoms with Crippen molar-refractivity contribution in [2.24, 2.45) is 5.92 Å². The van der Waals surface area contributed by atoms with Crippen LogP contribution in [0.3, 0.4) is 0 Å². The lowest BCUT2D eigenvalue weighted by Gasteiger charge is -2.07. The summed E-state index contributed by atoms with van der Waals surface area (Å²) in [5.41, 5.74) is 1.46. The van der Waals surface area contributed by atoms with Crippen LogP contribution in [0, 0.1) is 5.92 Å². The second kappa shape index (κ2) is 7.39. The van der Waals surface area contributed by atoms with Gasteiger partial charge in [-0.05, 0) is 26.2 Å². The van der Waals surface area contributed by atoms with Crippen molar-refractivity contribution in [3.8, 4) is 0 Å². The minimum atomic E-state index is 0.881. The molecule has 0 aromatic carbocycles. The van der Waals surface area contributed by atoms with Crippen molar-refractivity contribution in [1.29, 1.82) is 0 Å². The first-order valence-corrected chi connectivity index (χ1v) is 5.30. The van der Waals surface area contributed by atoms with Crippen LogP contribution in [0.25, 0.3) is 0 Å². The number of rotatable bonds is 6. The molecule has 1 unspecified atom stereocenters. The molecular formula is C12H24. The SMILES string of the molecule is CCCCCC(C)CC=C(C)C. The summed E-state index contributed by atoms with van der Waals surface area (Å²) in [5.74, 6) is 0.881. The fourth-order valence-corrected chi connectivity index (χ4v) is 1.30. The minimum absolute atomic E-state index is 0.881. The Balaban J connectivity index is 3.33. The molecule has 0 fully saturated rings. The van der Waals surface area contributed by atoms with Crippen LogP contribution in [0.2, 0.25) is 0 Å².